The molecular weight excluding hydrogens is 186 g/mol. The van der Waals surface area contributed by atoms with Crippen molar-refractivity contribution in [3.8, 4) is 6.07 Å². The monoisotopic (exact) mass is 201 g/mol. The number of benzene rings is 1. The maximum Gasteiger partial charge on any atom is 0.105 e. The van der Waals surface area contributed by atoms with Crippen LogP contribution in [0.2, 0.25) is 0 Å². The fourth-order valence-corrected chi connectivity index (χ4v) is 1.98. The summed E-state index contributed by atoms with van der Waals surface area (Å²) in [5, 5.41) is 12.2. The summed E-state index contributed by atoms with van der Waals surface area (Å²) in [5.74, 6) is 0. The molecule has 2 rings (SSSR count). The Balaban J connectivity index is 2.33. The number of fused-ring (bicyclic) bond motifs is 1. The summed E-state index contributed by atoms with van der Waals surface area (Å²) in [6.07, 6.45) is 0. The highest BCUT2D eigenvalue weighted by molar-refractivity contribution is 5.55. The Morgan fingerprint density at radius 1 is 1.53 bits per heavy atom. The SMILES string of the molecule is CC1CN(CC#N)c2ccccc2CN1. The van der Waals surface area contributed by atoms with Gasteiger partial charge >= 0.3 is 0 Å². The average Bonchev–Trinajstić information content (AvgIpc) is 2.40. The summed E-state index contributed by atoms with van der Waals surface area (Å²) < 4.78 is 0. The molecule has 1 atom stereocenters. The molecule has 15 heavy (non-hydrogen) atoms. The highest BCUT2D eigenvalue weighted by atomic mass is 15.2. The van der Waals surface area contributed by atoms with E-state index < -0.39 is 0 Å². The van der Waals surface area contributed by atoms with Crippen molar-refractivity contribution in [1.82, 2.24) is 5.32 Å². The van der Waals surface area contributed by atoms with Gasteiger partial charge in [0.25, 0.3) is 0 Å². The zero-order chi connectivity index (χ0) is 10.7. The van der Waals surface area contributed by atoms with Crippen molar-refractivity contribution >= 4 is 5.69 Å². The first-order chi connectivity index (χ1) is 7.31. The van der Waals surface area contributed by atoms with Crippen LogP contribution >= 0.6 is 0 Å². The molecule has 1 unspecified atom stereocenters. The van der Waals surface area contributed by atoms with Crippen LogP contribution in [0.15, 0.2) is 24.3 Å². The molecule has 0 amide bonds. The molecule has 1 aliphatic rings. The average molecular weight is 201 g/mol. The Hall–Kier alpha value is -1.53. The summed E-state index contributed by atoms with van der Waals surface area (Å²) in [6.45, 7) is 4.39. The van der Waals surface area contributed by atoms with Crippen molar-refractivity contribution < 1.29 is 0 Å². The smallest absolute Gasteiger partial charge is 0.105 e. The summed E-state index contributed by atoms with van der Waals surface area (Å²) in [7, 11) is 0. The Bertz CT molecular complexity index is 381. The van der Waals surface area contributed by atoms with Crippen LogP contribution in [0, 0.1) is 11.3 Å². The zero-order valence-electron chi connectivity index (χ0n) is 8.90. The van der Waals surface area contributed by atoms with Gasteiger partial charge in [-0.3, -0.25) is 0 Å². The third kappa shape index (κ3) is 2.11. The van der Waals surface area contributed by atoms with Crippen LogP contribution in [0.1, 0.15) is 12.5 Å². The molecule has 1 aromatic rings. The number of hydrogen-bond donors (Lipinski definition) is 1. The van der Waals surface area contributed by atoms with Crippen LogP contribution in [-0.2, 0) is 6.54 Å². The van der Waals surface area contributed by atoms with Crippen LogP contribution in [0.25, 0.3) is 0 Å². The van der Waals surface area contributed by atoms with E-state index in [9.17, 15) is 0 Å². The van der Waals surface area contributed by atoms with Crippen molar-refractivity contribution in [1.29, 1.82) is 5.26 Å². The molecule has 0 aromatic heterocycles. The molecule has 0 saturated heterocycles. The fraction of sp³-hybridized carbons (Fsp3) is 0.417. The molecular formula is C12H15N3. The number of nitrogens with zero attached hydrogens (tertiary/aromatic N) is 2. The van der Waals surface area contributed by atoms with Crippen LogP contribution in [0.5, 0.6) is 0 Å². The number of anilines is 1. The number of nitriles is 1. The molecule has 0 aliphatic carbocycles. The van der Waals surface area contributed by atoms with E-state index in [0.29, 0.717) is 12.6 Å². The second-order valence-electron chi connectivity index (χ2n) is 3.95. The molecule has 78 valence electrons. The van der Waals surface area contributed by atoms with Gasteiger partial charge in [-0.05, 0) is 18.6 Å². The zero-order valence-corrected chi connectivity index (χ0v) is 8.90. The molecule has 0 spiro atoms. The topological polar surface area (TPSA) is 39.1 Å². The lowest BCUT2D eigenvalue weighted by Crippen LogP contribution is -2.36. The molecule has 0 fully saturated rings. The van der Waals surface area contributed by atoms with Crippen LogP contribution in [-0.4, -0.2) is 19.1 Å². The van der Waals surface area contributed by atoms with Gasteiger partial charge in [-0.2, -0.15) is 5.26 Å². The minimum atomic E-state index is 0.422. The van der Waals surface area contributed by atoms with E-state index >= 15 is 0 Å². The molecule has 1 aromatic carbocycles. The van der Waals surface area contributed by atoms with Gasteiger partial charge in [0.1, 0.15) is 6.54 Å². The van der Waals surface area contributed by atoms with Crippen molar-refractivity contribution in [2.24, 2.45) is 0 Å². The van der Waals surface area contributed by atoms with E-state index in [1.807, 2.05) is 12.1 Å². The highest BCUT2D eigenvalue weighted by Gasteiger charge is 2.17. The molecule has 0 radical (unpaired) electrons. The van der Waals surface area contributed by atoms with Gasteiger partial charge in [0.05, 0.1) is 6.07 Å². The fourth-order valence-electron chi connectivity index (χ4n) is 1.98. The maximum absolute atomic E-state index is 8.81. The van der Waals surface area contributed by atoms with Crippen molar-refractivity contribution in [3.63, 3.8) is 0 Å². The lowest BCUT2D eigenvalue weighted by atomic mass is 10.1. The maximum atomic E-state index is 8.81. The second kappa shape index (κ2) is 4.33. The summed E-state index contributed by atoms with van der Waals surface area (Å²) in [6, 6.07) is 10.9. The first-order valence-electron chi connectivity index (χ1n) is 5.24. The molecule has 3 heteroatoms. The number of hydrogen-bond acceptors (Lipinski definition) is 3. The van der Waals surface area contributed by atoms with Gasteiger partial charge < -0.3 is 10.2 Å². The number of para-hydroxylation sites is 1. The van der Waals surface area contributed by atoms with Crippen LogP contribution < -0.4 is 10.2 Å². The van der Waals surface area contributed by atoms with Gasteiger partial charge in [0.2, 0.25) is 0 Å². The van der Waals surface area contributed by atoms with E-state index in [-0.39, 0.29) is 0 Å². The van der Waals surface area contributed by atoms with Gasteiger partial charge in [-0.1, -0.05) is 18.2 Å². The van der Waals surface area contributed by atoms with Crippen LogP contribution in [0.3, 0.4) is 0 Å². The summed E-state index contributed by atoms with van der Waals surface area (Å²) >= 11 is 0. The first-order valence-corrected chi connectivity index (χ1v) is 5.24. The minimum Gasteiger partial charge on any atom is -0.356 e. The van der Waals surface area contributed by atoms with Crippen molar-refractivity contribution in [2.45, 2.75) is 19.5 Å². The summed E-state index contributed by atoms with van der Waals surface area (Å²) in [4.78, 5) is 2.14. The van der Waals surface area contributed by atoms with Crippen molar-refractivity contribution in [3.05, 3.63) is 29.8 Å². The van der Waals surface area contributed by atoms with Crippen molar-refractivity contribution in [2.75, 3.05) is 18.0 Å². The highest BCUT2D eigenvalue weighted by Crippen LogP contribution is 2.22. The minimum absolute atomic E-state index is 0.422. The normalized spacial score (nSPS) is 20.3. The van der Waals surface area contributed by atoms with Gasteiger partial charge in [0.15, 0.2) is 0 Å². The predicted molar refractivity (Wildman–Crippen MR) is 60.6 cm³/mol. The lowest BCUT2D eigenvalue weighted by Gasteiger charge is -2.23. The Morgan fingerprint density at radius 3 is 3.13 bits per heavy atom. The molecule has 1 aliphatic heterocycles. The predicted octanol–water partition coefficient (Wildman–Crippen LogP) is 1.51. The second-order valence-corrected chi connectivity index (χ2v) is 3.95. The lowest BCUT2D eigenvalue weighted by molar-refractivity contribution is 0.559. The van der Waals surface area contributed by atoms with Crippen LogP contribution in [0.4, 0.5) is 5.69 Å². The van der Waals surface area contributed by atoms with Gasteiger partial charge in [-0.15, -0.1) is 0 Å². The Labute approximate surface area is 90.3 Å². The quantitative estimate of drug-likeness (QED) is 0.700. The molecule has 0 bridgehead atoms. The molecule has 1 N–H and O–H groups in total. The van der Waals surface area contributed by atoms with E-state index in [2.05, 4.69) is 35.3 Å². The molecule has 3 nitrogen and oxygen atoms in total. The van der Waals surface area contributed by atoms with E-state index in [0.717, 1.165) is 13.1 Å². The van der Waals surface area contributed by atoms with E-state index in [1.54, 1.807) is 0 Å². The standard InChI is InChI=1S/C12H15N3/c1-10-9-15(7-6-13)12-5-3-2-4-11(12)8-14-10/h2-5,10,14H,7-9H2,1H3. The third-order valence-electron chi connectivity index (χ3n) is 2.73. The Morgan fingerprint density at radius 2 is 2.33 bits per heavy atom. The first kappa shape index (κ1) is 10.0. The molecule has 0 saturated carbocycles. The molecule has 1 heterocycles. The third-order valence-corrected chi connectivity index (χ3v) is 2.73. The number of rotatable bonds is 1. The van der Waals surface area contributed by atoms with E-state index in [4.69, 9.17) is 5.26 Å². The number of nitrogens with one attached hydrogen (secondary N) is 1. The summed E-state index contributed by atoms with van der Waals surface area (Å²) in [5.41, 5.74) is 2.47. The Kier molecular flexibility index (Phi) is 2.89. The largest absolute Gasteiger partial charge is 0.356 e. The van der Waals surface area contributed by atoms with Gasteiger partial charge in [0, 0.05) is 24.8 Å². The van der Waals surface area contributed by atoms with E-state index in [1.165, 1.54) is 11.3 Å². The van der Waals surface area contributed by atoms with Gasteiger partial charge in [-0.25, -0.2) is 0 Å².